The normalized spacial score (nSPS) is 27.5. The third kappa shape index (κ3) is 5.42. The Morgan fingerprint density at radius 2 is 1.89 bits per heavy atom. The van der Waals surface area contributed by atoms with Crippen molar-refractivity contribution in [2.75, 3.05) is 0 Å². The maximum Gasteiger partial charge on any atom is 0.330 e. The van der Waals surface area contributed by atoms with Gasteiger partial charge in [0.15, 0.2) is 0 Å². The molecule has 1 aliphatic carbocycles. The van der Waals surface area contributed by atoms with Gasteiger partial charge in [0.2, 0.25) is 0 Å². The molecular formula is C14H22O5. The van der Waals surface area contributed by atoms with Gasteiger partial charge in [-0.15, -0.1) is 0 Å². The van der Waals surface area contributed by atoms with Crippen molar-refractivity contribution in [3.8, 4) is 0 Å². The number of aliphatic hydroxyl groups excluding tert-OH is 1. The Bertz CT molecular complexity index is 355. The van der Waals surface area contributed by atoms with Crippen molar-refractivity contribution < 1.29 is 24.2 Å². The van der Waals surface area contributed by atoms with Crippen LogP contribution in [0.15, 0.2) is 12.7 Å². The highest BCUT2D eigenvalue weighted by Gasteiger charge is 2.36. The Balaban J connectivity index is 2.61. The van der Waals surface area contributed by atoms with Gasteiger partial charge in [0.25, 0.3) is 0 Å². The van der Waals surface area contributed by atoms with Crippen LogP contribution >= 0.6 is 0 Å². The predicted molar refractivity (Wildman–Crippen MR) is 69.3 cm³/mol. The van der Waals surface area contributed by atoms with E-state index in [2.05, 4.69) is 6.58 Å². The molecule has 0 radical (unpaired) electrons. The number of hydrogen-bond acceptors (Lipinski definition) is 5. The van der Waals surface area contributed by atoms with Crippen molar-refractivity contribution >= 4 is 11.9 Å². The van der Waals surface area contributed by atoms with Crippen LogP contribution in [0.3, 0.4) is 0 Å². The molecule has 19 heavy (non-hydrogen) atoms. The van der Waals surface area contributed by atoms with Gasteiger partial charge in [0.05, 0.1) is 12.0 Å². The first-order chi connectivity index (χ1) is 8.71. The molecule has 0 aromatic rings. The summed E-state index contributed by atoms with van der Waals surface area (Å²) < 4.78 is 10.4. The van der Waals surface area contributed by atoms with E-state index in [1.54, 1.807) is 20.8 Å². The molecule has 0 amide bonds. The lowest BCUT2D eigenvalue weighted by Crippen LogP contribution is -2.38. The Morgan fingerprint density at radius 3 is 2.42 bits per heavy atom. The molecule has 0 aliphatic heterocycles. The van der Waals surface area contributed by atoms with Gasteiger partial charge in [-0.2, -0.15) is 0 Å². The van der Waals surface area contributed by atoms with Crippen LogP contribution in [-0.2, 0) is 19.1 Å². The summed E-state index contributed by atoms with van der Waals surface area (Å²) in [5.41, 5.74) is -0.563. The first-order valence-corrected chi connectivity index (χ1v) is 6.45. The minimum Gasteiger partial charge on any atom is -0.460 e. The fourth-order valence-electron chi connectivity index (χ4n) is 2.12. The van der Waals surface area contributed by atoms with Gasteiger partial charge in [-0.3, -0.25) is 4.79 Å². The first kappa shape index (κ1) is 15.7. The summed E-state index contributed by atoms with van der Waals surface area (Å²) in [6.45, 7) is 8.69. The molecule has 1 saturated carbocycles. The summed E-state index contributed by atoms with van der Waals surface area (Å²) in [6.07, 6.45) is 1.02. The number of carbonyl (C=O) groups excluding carboxylic acids is 2. The smallest absolute Gasteiger partial charge is 0.330 e. The van der Waals surface area contributed by atoms with Crippen molar-refractivity contribution in [1.82, 2.24) is 0 Å². The molecule has 0 bridgehead atoms. The summed E-state index contributed by atoms with van der Waals surface area (Å²) in [5.74, 6) is -1.33. The second kappa shape index (κ2) is 6.19. The third-order valence-corrected chi connectivity index (χ3v) is 2.83. The average Bonchev–Trinajstić information content (AvgIpc) is 2.25. The number of carbonyl (C=O) groups is 2. The molecule has 1 N–H and O–H groups in total. The van der Waals surface area contributed by atoms with E-state index in [1.165, 1.54) is 0 Å². The topological polar surface area (TPSA) is 72.8 Å². The standard InChI is InChI=1S/C14H22O5/c1-5-12(16)18-11-7-9(6-10(15)8-11)13(17)19-14(2,3)4/h5,9-11,15H,1,6-8H2,2-4H3. The molecular weight excluding hydrogens is 248 g/mol. The maximum absolute atomic E-state index is 12.0. The van der Waals surface area contributed by atoms with E-state index in [0.717, 1.165) is 6.08 Å². The van der Waals surface area contributed by atoms with E-state index in [0.29, 0.717) is 19.3 Å². The lowest BCUT2D eigenvalue weighted by molar-refractivity contribution is -0.168. The number of ether oxygens (including phenoxy) is 2. The van der Waals surface area contributed by atoms with Crippen LogP contribution in [0.1, 0.15) is 40.0 Å². The SMILES string of the molecule is C=CC(=O)OC1CC(O)CC(C(=O)OC(C)(C)C)C1. The van der Waals surface area contributed by atoms with Crippen LogP contribution in [0.5, 0.6) is 0 Å². The van der Waals surface area contributed by atoms with Crippen LogP contribution in [0.4, 0.5) is 0 Å². The zero-order valence-electron chi connectivity index (χ0n) is 11.7. The van der Waals surface area contributed by atoms with E-state index in [-0.39, 0.29) is 5.97 Å². The van der Waals surface area contributed by atoms with E-state index in [1.807, 2.05) is 0 Å². The van der Waals surface area contributed by atoms with Crippen molar-refractivity contribution in [1.29, 1.82) is 0 Å². The van der Waals surface area contributed by atoms with Gasteiger partial charge in [0, 0.05) is 12.5 Å². The van der Waals surface area contributed by atoms with Gasteiger partial charge in [0.1, 0.15) is 11.7 Å². The first-order valence-electron chi connectivity index (χ1n) is 6.45. The minimum absolute atomic E-state index is 0.344. The Morgan fingerprint density at radius 1 is 1.26 bits per heavy atom. The number of rotatable bonds is 3. The van der Waals surface area contributed by atoms with Crippen LogP contribution in [0, 0.1) is 5.92 Å². The molecule has 108 valence electrons. The zero-order chi connectivity index (χ0) is 14.6. The zero-order valence-corrected chi connectivity index (χ0v) is 11.7. The summed E-state index contributed by atoms with van der Waals surface area (Å²) in [4.78, 5) is 23.1. The molecule has 0 aromatic carbocycles. The molecule has 3 unspecified atom stereocenters. The minimum atomic E-state index is -0.658. The molecule has 0 spiro atoms. The van der Waals surface area contributed by atoms with Gasteiger partial charge in [-0.05, 0) is 33.6 Å². The third-order valence-electron chi connectivity index (χ3n) is 2.83. The summed E-state index contributed by atoms with van der Waals surface area (Å²) in [6, 6.07) is 0. The van der Waals surface area contributed by atoms with Crippen LogP contribution in [0.25, 0.3) is 0 Å². The fourth-order valence-corrected chi connectivity index (χ4v) is 2.12. The van der Waals surface area contributed by atoms with E-state index >= 15 is 0 Å². The van der Waals surface area contributed by atoms with Crippen LogP contribution in [0.2, 0.25) is 0 Å². The van der Waals surface area contributed by atoms with Crippen molar-refractivity contribution in [3.05, 3.63) is 12.7 Å². The Hall–Kier alpha value is -1.36. The van der Waals surface area contributed by atoms with Crippen molar-refractivity contribution in [2.45, 2.75) is 57.8 Å². The summed E-state index contributed by atoms with van der Waals surface area (Å²) >= 11 is 0. The maximum atomic E-state index is 12.0. The van der Waals surface area contributed by atoms with Gasteiger partial charge in [-0.1, -0.05) is 6.58 Å². The van der Waals surface area contributed by atoms with Gasteiger partial charge in [-0.25, -0.2) is 4.79 Å². The summed E-state index contributed by atoms with van der Waals surface area (Å²) in [5, 5.41) is 9.76. The Kier molecular flexibility index (Phi) is 5.11. The van der Waals surface area contributed by atoms with Crippen molar-refractivity contribution in [3.63, 3.8) is 0 Å². The fraction of sp³-hybridized carbons (Fsp3) is 0.714. The molecule has 5 nitrogen and oxygen atoms in total. The van der Waals surface area contributed by atoms with E-state index in [9.17, 15) is 14.7 Å². The molecule has 3 atom stereocenters. The van der Waals surface area contributed by atoms with Gasteiger partial charge < -0.3 is 14.6 Å². The summed E-state index contributed by atoms with van der Waals surface area (Å²) in [7, 11) is 0. The quantitative estimate of drug-likeness (QED) is 0.622. The Labute approximate surface area is 113 Å². The largest absolute Gasteiger partial charge is 0.460 e. The number of aliphatic hydroxyl groups is 1. The van der Waals surface area contributed by atoms with Crippen molar-refractivity contribution in [2.24, 2.45) is 5.92 Å². The highest BCUT2D eigenvalue weighted by Crippen LogP contribution is 2.29. The second-order valence-corrected chi connectivity index (χ2v) is 5.85. The molecule has 1 rings (SSSR count). The molecule has 1 fully saturated rings. The van der Waals surface area contributed by atoms with Crippen LogP contribution < -0.4 is 0 Å². The van der Waals surface area contributed by atoms with E-state index < -0.39 is 29.7 Å². The number of esters is 2. The average molecular weight is 270 g/mol. The molecule has 5 heteroatoms. The lowest BCUT2D eigenvalue weighted by Gasteiger charge is -2.32. The monoisotopic (exact) mass is 270 g/mol. The van der Waals surface area contributed by atoms with Crippen LogP contribution in [-0.4, -0.2) is 34.9 Å². The molecule has 0 aromatic heterocycles. The molecule has 1 aliphatic rings. The predicted octanol–water partition coefficient (Wildman–Crippen LogP) is 1.59. The van der Waals surface area contributed by atoms with E-state index in [4.69, 9.17) is 9.47 Å². The number of hydrogen-bond donors (Lipinski definition) is 1. The highest BCUT2D eigenvalue weighted by molar-refractivity contribution is 5.81. The molecule has 0 saturated heterocycles. The lowest BCUT2D eigenvalue weighted by atomic mass is 9.85. The molecule has 0 heterocycles. The second-order valence-electron chi connectivity index (χ2n) is 5.85. The van der Waals surface area contributed by atoms with Gasteiger partial charge >= 0.3 is 11.9 Å². The highest BCUT2D eigenvalue weighted by atomic mass is 16.6.